The van der Waals surface area contributed by atoms with E-state index < -0.39 is 0 Å². The second kappa shape index (κ2) is 3.53. The minimum atomic E-state index is -0.236. The minimum absolute atomic E-state index is 0.236. The first-order chi connectivity index (χ1) is 5.76. The molecular weight excluding hydrogens is 150 g/mol. The van der Waals surface area contributed by atoms with Crippen LogP contribution < -0.4 is 10.6 Å². The van der Waals surface area contributed by atoms with Gasteiger partial charge < -0.3 is 0 Å². The highest BCUT2D eigenvalue weighted by atomic mass is 15.2. The van der Waals surface area contributed by atoms with Crippen molar-refractivity contribution in [2.45, 2.75) is 12.1 Å². The molecule has 0 heterocycles. The molecule has 0 saturated heterocycles. The fourth-order valence-corrected chi connectivity index (χ4v) is 1.29. The maximum absolute atomic E-state index is 8.71. The van der Waals surface area contributed by atoms with Crippen LogP contribution in [0.4, 0.5) is 0 Å². The van der Waals surface area contributed by atoms with Gasteiger partial charge in [0.05, 0.1) is 11.7 Å². The van der Waals surface area contributed by atoms with E-state index in [0.29, 0.717) is 6.42 Å². The van der Waals surface area contributed by atoms with Crippen molar-refractivity contribution in [1.29, 1.82) is 5.26 Å². The predicted octanol–water partition coefficient (Wildman–Crippen LogP) is 0.531. The molecule has 0 aromatic carbocycles. The van der Waals surface area contributed by atoms with Crippen LogP contribution in [0.5, 0.6) is 0 Å². The molecule has 0 fully saturated rings. The Labute approximate surface area is 72.8 Å². The van der Waals surface area contributed by atoms with Crippen molar-refractivity contribution in [2.75, 3.05) is 14.1 Å². The number of rotatable bonds is 2. The normalized spacial score (nSPS) is 19.9. The zero-order chi connectivity index (χ0) is 9.03. The SMILES string of the molecule is CNC1(NC)C=CC=C(C#N)C1. The van der Waals surface area contributed by atoms with Gasteiger partial charge in [-0.25, -0.2) is 0 Å². The van der Waals surface area contributed by atoms with Crippen molar-refractivity contribution in [3.8, 4) is 6.07 Å². The molecule has 0 aromatic heterocycles. The van der Waals surface area contributed by atoms with Crippen LogP contribution in [-0.2, 0) is 0 Å². The van der Waals surface area contributed by atoms with Crippen molar-refractivity contribution in [3.05, 3.63) is 23.8 Å². The third-order valence-electron chi connectivity index (χ3n) is 2.18. The molecule has 0 amide bonds. The van der Waals surface area contributed by atoms with E-state index >= 15 is 0 Å². The third-order valence-corrected chi connectivity index (χ3v) is 2.18. The van der Waals surface area contributed by atoms with Gasteiger partial charge in [0, 0.05) is 12.0 Å². The highest BCUT2D eigenvalue weighted by molar-refractivity contribution is 5.34. The van der Waals surface area contributed by atoms with E-state index in [4.69, 9.17) is 5.26 Å². The largest absolute Gasteiger partial charge is 0.299 e. The Balaban J connectivity index is 2.82. The molecule has 0 aliphatic heterocycles. The lowest BCUT2D eigenvalue weighted by Gasteiger charge is -2.31. The zero-order valence-electron chi connectivity index (χ0n) is 7.39. The van der Waals surface area contributed by atoms with Gasteiger partial charge in [0.15, 0.2) is 0 Å². The smallest absolute Gasteiger partial charge is 0.0948 e. The Kier molecular flexibility index (Phi) is 2.64. The second-order valence-corrected chi connectivity index (χ2v) is 2.81. The van der Waals surface area contributed by atoms with Gasteiger partial charge in [-0.1, -0.05) is 6.08 Å². The second-order valence-electron chi connectivity index (χ2n) is 2.81. The highest BCUT2D eigenvalue weighted by Gasteiger charge is 2.25. The summed E-state index contributed by atoms with van der Waals surface area (Å²) in [6.45, 7) is 0. The number of hydrogen-bond donors (Lipinski definition) is 2. The van der Waals surface area contributed by atoms with E-state index in [9.17, 15) is 0 Å². The molecule has 3 nitrogen and oxygen atoms in total. The summed E-state index contributed by atoms with van der Waals surface area (Å²) in [5.41, 5.74) is 0.556. The van der Waals surface area contributed by atoms with E-state index in [-0.39, 0.29) is 5.66 Å². The van der Waals surface area contributed by atoms with Gasteiger partial charge in [-0.05, 0) is 26.2 Å². The number of nitriles is 1. The first-order valence-electron chi connectivity index (χ1n) is 3.92. The van der Waals surface area contributed by atoms with Crippen LogP contribution in [0.15, 0.2) is 23.8 Å². The Hall–Kier alpha value is -1.11. The van der Waals surface area contributed by atoms with Crippen LogP contribution in [-0.4, -0.2) is 19.8 Å². The summed E-state index contributed by atoms with van der Waals surface area (Å²) in [4.78, 5) is 0. The molecule has 1 aliphatic carbocycles. The molecule has 0 unspecified atom stereocenters. The monoisotopic (exact) mass is 163 g/mol. The van der Waals surface area contributed by atoms with Crippen molar-refractivity contribution < 1.29 is 0 Å². The van der Waals surface area contributed by atoms with Gasteiger partial charge in [-0.2, -0.15) is 5.26 Å². The lowest BCUT2D eigenvalue weighted by molar-refractivity contribution is 0.372. The lowest BCUT2D eigenvalue weighted by Crippen LogP contribution is -2.53. The Morgan fingerprint density at radius 2 is 2.17 bits per heavy atom. The van der Waals surface area contributed by atoms with Crippen LogP contribution in [0.3, 0.4) is 0 Å². The molecule has 0 saturated carbocycles. The van der Waals surface area contributed by atoms with Gasteiger partial charge >= 0.3 is 0 Å². The molecule has 0 atom stereocenters. The molecule has 12 heavy (non-hydrogen) atoms. The molecule has 0 spiro atoms. The summed E-state index contributed by atoms with van der Waals surface area (Å²) in [6.07, 6.45) is 6.46. The molecule has 64 valence electrons. The standard InChI is InChI=1S/C9H13N3/c1-11-9(12-2)5-3-4-8(6-9)7-10/h3-5,11-12H,6H2,1-2H3. The first kappa shape index (κ1) is 8.98. The summed E-state index contributed by atoms with van der Waals surface area (Å²) >= 11 is 0. The summed E-state index contributed by atoms with van der Waals surface area (Å²) < 4.78 is 0. The Morgan fingerprint density at radius 1 is 1.50 bits per heavy atom. The van der Waals surface area contributed by atoms with E-state index in [1.54, 1.807) is 0 Å². The molecule has 0 radical (unpaired) electrons. The van der Waals surface area contributed by atoms with Crippen LogP contribution in [0.2, 0.25) is 0 Å². The Bertz CT molecular complexity index is 253. The van der Waals surface area contributed by atoms with Crippen LogP contribution >= 0.6 is 0 Å². The summed E-state index contributed by atoms with van der Waals surface area (Å²) in [5.74, 6) is 0. The van der Waals surface area contributed by atoms with Crippen molar-refractivity contribution in [3.63, 3.8) is 0 Å². The number of nitrogens with zero attached hydrogens (tertiary/aromatic N) is 1. The fraction of sp³-hybridized carbons (Fsp3) is 0.444. The third kappa shape index (κ3) is 1.55. The van der Waals surface area contributed by atoms with Crippen LogP contribution in [0, 0.1) is 11.3 Å². The average molecular weight is 163 g/mol. The van der Waals surface area contributed by atoms with Crippen molar-refractivity contribution >= 4 is 0 Å². The summed E-state index contributed by atoms with van der Waals surface area (Å²) in [5, 5.41) is 15.0. The van der Waals surface area contributed by atoms with Crippen molar-refractivity contribution in [2.24, 2.45) is 0 Å². The summed E-state index contributed by atoms with van der Waals surface area (Å²) in [7, 11) is 3.75. The number of nitrogens with one attached hydrogen (secondary N) is 2. The van der Waals surface area contributed by atoms with Crippen LogP contribution in [0.25, 0.3) is 0 Å². The van der Waals surface area contributed by atoms with Crippen LogP contribution in [0.1, 0.15) is 6.42 Å². The maximum Gasteiger partial charge on any atom is 0.0948 e. The number of allylic oxidation sites excluding steroid dienone is 2. The molecular formula is C9H13N3. The zero-order valence-corrected chi connectivity index (χ0v) is 7.39. The molecule has 2 N–H and O–H groups in total. The minimum Gasteiger partial charge on any atom is -0.299 e. The number of hydrogen-bond acceptors (Lipinski definition) is 3. The van der Waals surface area contributed by atoms with E-state index in [1.165, 1.54) is 0 Å². The van der Waals surface area contributed by atoms with E-state index in [2.05, 4.69) is 16.7 Å². The lowest BCUT2D eigenvalue weighted by atomic mass is 9.95. The van der Waals surface area contributed by atoms with Gasteiger partial charge in [-0.3, -0.25) is 10.6 Å². The summed E-state index contributed by atoms with van der Waals surface area (Å²) in [6, 6.07) is 2.16. The maximum atomic E-state index is 8.71. The quantitative estimate of drug-likeness (QED) is 0.584. The van der Waals surface area contributed by atoms with Gasteiger partial charge in [-0.15, -0.1) is 0 Å². The molecule has 1 rings (SSSR count). The first-order valence-corrected chi connectivity index (χ1v) is 3.92. The van der Waals surface area contributed by atoms with Crippen molar-refractivity contribution in [1.82, 2.24) is 10.6 Å². The Morgan fingerprint density at radius 3 is 2.67 bits per heavy atom. The van der Waals surface area contributed by atoms with Gasteiger partial charge in [0.1, 0.15) is 0 Å². The fourth-order valence-electron chi connectivity index (χ4n) is 1.29. The van der Waals surface area contributed by atoms with Gasteiger partial charge in [0.2, 0.25) is 0 Å². The molecule has 3 heteroatoms. The predicted molar refractivity (Wildman–Crippen MR) is 48.3 cm³/mol. The topological polar surface area (TPSA) is 47.8 Å². The molecule has 0 aromatic rings. The highest BCUT2D eigenvalue weighted by Crippen LogP contribution is 2.19. The van der Waals surface area contributed by atoms with E-state index in [1.807, 2.05) is 32.3 Å². The van der Waals surface area contributed by atoms with Gasteiger partial charge in [0.25, 0.3) is 0 Å². The molecule has 0 bridgehead atoms. The molecule has 1 aliphatic rings. The van der Waals surface area contributed by atoms with E-state index in [0.717, 1.165) is 5.57 Å². The number of likely N-dealkylation sites (N-methyl/N-ethyl adjacent to an activating group) is 2. The average Bonchev–Trinajstić information content (AvgIpc) is 2.18.